The molecule has 1 rings (SSSR count). The lowest BCUT2D eigenvalue weighted by molar-refractivity contribution is 0.0686. The Kier molecular flexibility index (Phi) is 2.08. The molecule has 0 saturated heterocycles. The maximum atomic E-state index is 10.7. The number of carboxylic acid groups (broad SMARTS) is 1. The Balaban J connectivity index is 3.32. The van der Waals surface area contributed by atoms with E-state index in [4.69, 9.17) is 10.8 Å². The fraction of sp³-hybridized carbons (Fsp3) is 0.375. The number of aryl methyl sites for hydroxylation is 1. The number of nitrogen functional groups attached to an aromatic ring is 1. The van der Waals surface area contributed by atoms with Crippen LogP contribution in [0.15, 0.2) is 6.07 Å². The van der Waals surface area contributed by atoms with E-state index < -0.39 is 5.97 Å². The summed E-state index contributed by atoms with van der Waals surface area (Å²) in [6.45, 7) is 4.36. The van der Waals surface area contributed by atoms with Crippen molar-refractivity contribution >= 4 is 11.7 Å². The number of nitrogens with two attached hydrogens (primary N) is 1. The van der Waals surface area contributed by atoms with Gasteiger partial charge in [0.05, 0.1) is 5.69 Å². The van der Waals surface area contributed by atoms with Gasteiger partial charge in [0.2, 0.25) is 0 Å². The van der Waals surface area contributed by atoms with Crippen molar-refractivity contribution in [1.29, 1.82) is 0 Å². The minimum Gasteiger partial charge on any atom is -0.477 e. The highest BCUT2D eigenvalue weighted by Gasteiger charge is 2.15. The van der Waals surface area contributed by atoms with Crippen molar-refractivity contribution in [2.75, 3.05) is 5.73 Å². The van der Waals surface area contributed by atoms with Crippen LogP contribution in [0.2, 0.25) is 0 Å². The molecule has 12 heavy (non-hydrogen) atoms. The van der Waals surface area contributed by atoms with Gasteiger partial charge < -0.3 is 15.4 Å². The Hall–Kier alpha value is -1.45. The summed E-state index contributed by atoms with van der Waals surface area (Å²) in [5, 5.41) is 8.79. The third-order valence-electron chi connectivity index (χ3n) is 1.85. The van der Waals surface area contributed by atoms with E-state index in [2.05, 4.69) is 0 Å². The molecule has 1 heterocycles. The first kappa shape index (κ1) is 8.64. The standard InChI is InChI=1S/C8H12N2O2/c1-3-10-5(2)4-6(9)7(10)8(11)12/h4H,3,9H2,1-2H3,(H,11,12). The lowest BCUT2D eigenvalue weighted by Gasteiger charge is -2.04. The minimum absolute atomic E-state index is 0.190. The van der Waals surface area contributed by atoms with Crippen molar-refractivity contribution in [2.24, 2.45) is 0 Å². The molecule has 4 heteroatoms. The molecule has 0 saturated carbocycles. The highest BCUT2D eigenvalue weighted by atomic mass is 16.4. The van der Waals surface area contributed by atoms with Gasteiger partial charge in [-0.2, -0.15) is 0 Å². The minimum atomic E-state index is -0.970. The van der Waals surface area contributed by atoms with Gasteiger partial charge in [-0.05, 0) is 19.9 Å². The summed E-state index contributed by atoms with van der Waals surface area (Å²) in [5.41, 5.74) is 6.92. The van der Waals surface area contributed by atoms with E-state index in [9.17, 15) is 4.79 Å². The van der Waals surface area contributed by atoms with Crippen molar-refractivity contribution in [2.45, 2.75) is 20.4 Å². The molecule has 1 aromatic heterocycles. The summed E-state index contributed by atoms with van der Waals surface area (Å²) in [6.07, 6.45) is 0. The second-order valence-corrected chi connectivity index (χ2v) is 2.64. The summed E-state index contributed by atoms with van der Waals surface area (Å²) < 4.78 is 1.68. The lowest BCUT2D eigenvalue weighted by Crippen LogP contribution is -2.10. The normalized spacial score (nSPS) is 10.2. The Bertz CT molecular complexity index is 315. The van der Waals surface area contributed by atoms with Gasteiger partial charge in [-0.3, -0.25) is 0 Å². The molecule has 0 aromatic carbocycles. The maximum Gasteiger partial charge on any atom is 0.354 e. The lowest BCUT2D eigenvalue weighted by atomic mass is 10.3. The van der Waals surface area contributed by atoms with E-state index in [-0.39, 0.29) is 5.69 Å². The van der Waals surface area contributed by atoms with Crippen LogP contribution in [0.3, 0.4) is 0 Å². The van der Waals surface area contributed by atoms with Gasteiger partial charge in [0.1, 0.15) is 0 Å². The zero-order valence-corrected chi connectivity index (χ0v) is 7.16. The van der Waals surface area contributed by atoms with Gasteiger partial charge >= 0.3 is 5.97 Å². The fourth-order valence-electron chi connectivity index (χ4n) is 1.35. The maximum absolute atomic E-state index is 10.7. The van der Waals surface area contributed by atoms with Crippen LogP contribution < -0.4 is 5.73 Å². The third-order valence-corrected chi connectivity index (χ3v) is 1.85. The van der Waals surface area contributed by atoms with E-state index in [1.165, 1.54) is 0 Å². The molecule has 66 valence electrons. The second-order valence-electron chi connectivity index (χ2n) is 2.64. The number of hydrogen-bond donors (Lipinski definition) is 2. The van der Waals surface area contributed by atoms with Crippen LogP contribution in [0.25, 0.3) is 0 Å². The number of carbonyl (C=O) groups is 1. The monoisotopic (exact) mass is 168 g/mol. The van der Waals surface area contributed by atoms with Gasteiger partial charge in [-0.15, -0.1) is 0 Å². The van der Waals surface area contributed by atoms with Crippen LogP contribution in [0.4, 0.5) is 5.69 Å². The smallest absolute Gasteiger partial charge is 0.354 e. The summed E-state index contributed by atoms with van der Waals surface area (Å²) in [5.74, 6) is -0.970. The topological polar surface area (TPSA) is 68.2 Å². The SMILES string of the molecule is CCn1c(C)cc(N)c1C(=O)O. The quantitative estimate of drug-likeness (QED) is 0.694. The number of aromatic carboxylic acids is 1. The number of nitrogens with zero attached hydrogens (tertiary/aromatic N) is 1. The van der Waals surface area contributed by atoms with Gasteiger partial charge in [0, 0.05) is 12.2 Å². The van der Waals surface area contributed by atoms with Crippen LogP contribution in [-0.2, 0) is 6.54 Å². The summed E-state index contributed by atoms with van der Waals surface area (Å²) in [4.78, 5) is 10.7. The highest BCUT2D eigenvalue weighted by molar-refractivity contribution is 5.92. The Morgan fingerprint density at radius 1 is 1.75 bits per heavy atom. The summed E-state index contributed by atoms with van der Waals surface area (Å²) in [6, 6.07) is 1.67. The number of rotatable bonds is 2. The van der Waals surface area contributed by atoms with Crippen molar-refractivity contribution < 1.29 is 9.90 Å². The largest absolute Gasteiger partial charge is 0.477 e. The number of aromatic nitrogens is 1. The number of hydrogen-bond acceptors (Lipinski definition) is 2. The van der Waals surface area contributed by atoms with Gasteiger partial charge in [-0.1, -0.05) is 0 Å². The predicted molar refractivity (Wildman–Crippen MR) is 46.2 cm³/mol. The molecule has 0 radical (unpaired) electrons. The first-order chi connectivity index (χ1) is 5.57. The summed E-state index contributed by atoms with van der Waals surface area (Å²) >= 11 is 0. The average molecular weight is 168 g/mol. The van der Waals surface area contributed by atoms with Gasteiger partial charge in [0.25, 0.3) is 0 Å². The molecule has 0 aliphatic carbocycles. The molecule has 0 aliphatic heterocycles. The van der Waals surface area contributed by atoms with Gasteiger partial charge in [0.15, 0.2) is 5.69 Å². The van der Waals surface area contributed by atoms with Crippen molar-refractivity contribution in [1.82, 2.24) is 4.57 Å². The molecule has 0 fully saturated rings. The van der Waals surface area contributed by atoms with E-state index >= 15 is 0 Å². The first-order valence-corrected chi connectivity index (χ1v) is 3.76. The van der Waals surface area contributed by atoms with Crippen LogP contribution in [-0.4, -0.2) is 15.6 Å². The molecule has 0 aliphatic rings. The van der Waals surface area contributed by atoms with Crippen molar-refractivity contribution in [3.63, 3.8) is 0 Å². The summed E-state index contributed by atoms with van der Waals surface area (Å²) in [7, 11) is 0. The van der Waals surface area contributed by atoms with Crippen molar-refractivity contribution in [3.05, 3.63) is 17.5 Å². The van der Waals surface area contributed by atoms with Gasteiger partial charge in [-0.25, -0.2) is 4.79 Å². The predicted octanol–water partition coefficient (Wildman–Crippen LogP) is 1.10. The molecular formula is C8H12N2O2. The van der Waals surface area contributed by atoms with Crippen LogP contribution >= 0.6 is 0 Å². The third kappa shape index (κ3) is 1.15. The van der Waals surface area contributed by atoms with Crippen LogP contribution in [0.5, 0.6) is 0 Å². The zero-order chi connectivity index (χ0) is 9.30. The number of carboxylic acids is 1. The molecule has 4 nitrogen and oxygen atoms in total. The molecule has 3 N–H and O–H groups in total. The molecule has 0 spiro atoms. The van der Waals surface area contributed by atoms with Crippen LogP contribution in [0.1, 0.15) is 23.1 Å². The molecule has 0 bridgehead atoms. The second kappa shape index (κ2) is 2.89. The Morgan fingerprint density at radius 3 is 2.67 bits per heavy atom. The van der Waals surface area contributed by atoms with Crippen LogP contribution in [0, 0.1) is 6.92 Å². The van der Waals surface area contributed by atoms with Crippen molar-refractivity contribution in [3.8, 4) is 0 Å². The first-order valence-electron chi connectivity index (χ1n) is 3.76. The van der Waals surface area contributed by atoms with E-state index in [0.717, 1.165) is 5.69 Å². The molecule has 0 atom stereocenters. The van der Waals surface area contributed by atoms with E-state index in [1.54, 1.807) is 10.6 Å². The van der Waals surface area contributed by atoms with E-state index in [1.807, 2.05) is 13.8 Å². The zero-order valence-electron chi connectivity index (χ0n) is 7.16. The Labute approximate surface area is 70.6 Å². The Morgan fingerprint density at radius 2 is 2.33 bits per heavy atom. The highest BCUT2D eigenvalue weighted by Crippen LogP contribution is 2.17. The molecular weight excluding hydrogens is 156 g/mol. The fourth-order valence-corrected chi connectivity index (χ4v) is 1.35. The molecule has 0 unspecified atom stereocenters. The van der Waals surface area contributed by atoms with E-state index in [0.29, 0.717) is 12.2 Å². The number of anilines is 1. The average Bonchev–Trinajstić information content (AvgIpc) is 2.24. The molecule has 0 amide bonds. The molecule has 1 aromatic rings.